The number of benzene rings is 1. The highest BCUT2D eigenvalue weighted by Gasteiger charge is 2.18. The van der Waals surface area contributed by atoms with Crippen LogP contribution in [0.2, 0.25) is 0 Å². The first-order chi connectivity index (χ1) is 8.43. The number of rotatable bonds is 1. The average Bonchev–Trinajstić information content (AvgIpc) is 2.64. The first-order valence-corrected chi connectivity index (χ1v) is 6.15. The molecule has 2 aliphatic heterocycles. The Bertz CT molecular complexity index is 388. The number of hydrogen-bond acceptors (Lipinski definition) is 4. The lowest BCUT2D eigenvalue weighted by atomic mass is 10.1. The fraction of sp³-hybridized carbons (Fsp3) is 0.538. The van der Waals surface area contributed by atoms with Crippen molar-refractivity contribution in [3.05, 3.63) is 23.8 Å². The Hall–Kier alpha value is -1.26. The SMILES string of the molecule is c1cc2c(cc1[C@H]1CNCCO1)OCCCO2. The maximum absolute atomic E-state index is 5.73. The second-order valence-corrected chi connectivity index (χ2v) is 4.32. The molecule has 0 radical (unpaired) electrons. The highest BCUT2D eigenvalue weighted by molar-refractivity contribution is 5.44. The third-order valence-corrected chi connectivity index (χ3v) is 3.07. The molecule has 0 amide bonds. The van der Waals surface area contributed by atoms with Gasteiger partial charge in [-0.05, 0) is 17.7 Å². The lowest BCUT2D eigenvalue weighted by Crippen LogP contribution is -2.33. The quantitative estimate of drug-likeness (QED) is 0.801. The van der Waals surface area contributed by atoms with Crippen molar-refractivity contribution in [2.24, 2.45) is 0 Å². The van der Waals surface area contributed by atoms with Crippen LogP contribution in [0, 0.1) is 0 Å². The largest absolute Gasteiger partial charge is 0.490 e. The number of nitrogens with one attached hydrogen (secondary N) is 1. The second-order valence-electron chi connectivity index (χ2n) is 4.32. The Balaban J connectivity index is 1.83. The zero-order valence-electron chi connectivity index (χ0n) is 9.78. The van der Waals surface area contributed by atoms with Gasteiger partial charge in [0.1, 0.15) is 0 Å². The summed E-state index contributed by atoms with van der Waals surface area (Å²) < 4.78 is 17.0. The topological polar surface area (TPSA) is 39.7 Å². The van der Waals surface area contributed by atoms with Crippen LogP contribution in [-0.2, 0) is 4.74 Å². The van der Waals surface area contributed by atoms with Gasteiger partial charge < -0.3 is 19.5 Å². The molecule has 0 aromatic heterocycles. The molecule has 2 aliphatic rings. The minimum atomic E-state index is 0.126. The van der Waals surface area contributed by atoms with Gasteiger partial charge in [0.05, 0.1) is 25.9 Å². The van der Waals surface area contributed by atoms with Crippen LogP contribution in [0.4, 0.5) is 0 Å². The van der Waals surface area contributed by atoms with Gasteiger partial charge in [-0.3, -0.25) is 0 Å². The summed E-state index contributed by atoms with van der Waals surface area (Å²) in [6.45, 7) is 4.01. The standard InChI is InChI=1S/C13H17NO3/c1-5-15-11-3-2-10(8-12(11)16-6-1)13-9-14-4-7-17-13/h2-3,8,13-14H,1,4-7,9H2/t13-/m1/s1. The van der Waals surface area contributed by atoms with E-state index in [1.807, 2.05) is 12.1 Å². The molecular formula is C13H17NO3. The molecule has 1 aromatic rings. The van der Waals surface area contributed by atoms with Crippen LogP contribution >= 0.6 is 0 Å². The minimum Gasteiger partial charge on any atom is -0.490 e. The molecular weight excluding hydrogens is 218 g/mol. The van der Waals surface area contributed by atoms with E-state index in [1.165, 1.54) is 0 Å². The van der Waals surface area contributed by atoms with Crippen LogP contribution < -0.4 is 14.8 Å². The Morgan fingerprint density at radius 3 is 2.76 bits per heavy atom. The molecule has 1 atom stereocenters. The van der Waals surface area contributed by atoms with E-state index in [2.05, 4.69) is 11.4 Å². The molecule has 1 aromatic carbocycles. The molecule has 1 N–H and O–H groups in total. The smallest absolute Gasteiger partial charge is 0.161 e. The van der Waals surface area contributed by atoms with E-state index in [4.69, 9.17) is 14.2 Å². The average molecular weight is 235 g/mol. The maximum Gasteiger partial charge on any atom is 0.161 e. The lowest BCUT2D eigenvalue weighted by Gasteiger charge is -2.24. The van der Waals surface area contributed by atoms with Crippen LogP contribution in [0.25, 0.3) is 0 Å². The van der Waals surface area contributed by atoms with E-state index in [1.54, 1.807) is 0 Å². The van der Waals surface area contributed by atoms with Gasteiger partial charge >= 0.3 is 0 Å². The van der Waals surface area contributed by atoms with Crippen molar-refractivity contribution >= 4 is 0 Å². The van der Waals surface area contributed by atoms with E-state index in [9.17, 15) is 0 Å². The molecule has 4 nitrogen and oxygen atoms in total. The third kappa shape index (κ3) is 2.37. The molecule has 0 unspecified atom stereocenters. The molecule has 92 valence electrons. The maximum atomic E-state index is 5.73. The molecule has 0 saturated carbocycles. The summed E-state index contributed by atoms with van der Waals surface area (Å²) in [7, 11) is 0. The van der Waals surface area contributed by atoms with Crippen molar-refractivity contribution in [3.63, 3.8) is 0 Å². The van der Waals surface area contributed by atoms with Crippen LogP contribution in [-0.4, -0.2) is 32.9 Å². The van der Waals surface area contributed by atoms with Crippen molar-refractivity contribution < 1.29 is 14.2 Å². The van der Waals surface area contributed by atoms with Crippen LogP contribution in [0.3, 0.4) is 0 Å². The summed E-state index contributed by atoms with van der Waals surface area (Å²) in [6.07, 6.45) is 1.06. The van der Waals surface area contributed by atoms with Gasteiger partial charge in [-0.25, -0.2) is 0 Å². The Labute approximate surface area is 101 Å². The number of fused-ring (bicyclic) bond motifs is 1. The molecule has 4 heteroatoms. The number of ether oxygens (including phenoxy) is 3. The minimum absolute atomic E-state index is 0.126. The van der Waals surface area contributed by atoms with E-state index in [-0.39, 0.29) is 6.10 Å². The Kier molecular flexibility index (Phi) is 3.16. The van der Waals surface area contributed by atoms with E-state index in [0.717, 1.165) is 56.4 Å². The predicted molar refractivity (Wildman–Crippen MR) is 63.6 cm³/mol. The van der Waals surface area contributed by atoms with Crippen LogP contribution in [0.1, 0.15) is 18.1 Å². The van der Waals surface area contributed by atoms with Crippen molar-refractivity contribution in [2.45, 2.75) is 12.5 Å². The molecule has 0 bridgehead atoms. The van der Waals surface area contributed by atoms with Gasteiger partial charge in [0, 0.05) is 19.5 Å². The molecule has 17 heavy (non-hydrogen) atoms. The fourth-order valence-electron chi connectivity index (χ4n) is 2.16. The van der Waals surface area contributed by atoms with Gasteiger partial charge in [-0.1, -0.05) is 6.07 Å². The summed E-state index contributed by atoms with van der Waals surface area (Å²) in [6, 6.07) is 6.08. The Morgan fingerprint density at radius 2 is 1.94 bits per heavy atom. The Morgan fingerprint density at radius 1 is 1.06 bits per heavy atom. The third-order valence-electron chi connectivity index (χ3n) is 3.07. The first kappa shape index (κ1) is 10.9. The zero-order chi connectivity index (χ0) is 11.5. The zero-order valence-corrected chi connectivity index (χ0v) is 9.78. The normalized spacial score (nSPS) is 24.1. The number of hydrogen-bond donors (Lipinski definition) is 1. The molecule has 0 aliphatic carbocycles. The molecule has 1 saturated heterocycles. The molecule has 3 rings (SSSR count). The van der Waals surface area contributed by atoms with E-state index >= 15 is 0 Å². The van der Waals surface area contributed by atoms with Crippen molar-refractivity contribution in [2.75, 3.05) is 32.9 Å². The predicted octanol–water partition coefficient (Wildman–Crippen LogP) is 1.51. The van der Waals surface area contributed by atoms with E-state index < -0.39 is 0 Å². The van der Waals surface area contributed by atoms with Crippen molar-refractivity contribution in [3.8, 4) is 11.5 Å². The van der Waals surface area contributed by atoms with Gasteiger partial charge in [-0.2, -0.15) is 0 Å². The highest BCUT2D eigenvalue weighted by atomic mass is 16.5. The summed E-state index contributed by atoms with van der Waals surface area (Å²) in [5.41, 5.74) is 1.15. The number of morpholine rings is 1. The molecule has 2 heterocycles. The van der Waals surface area contributed by atoms with Crippen molar-refractivity contribution in [1.29, 1.82) is 0 Å². The summed E-state index contributed by atoms with van der Waals surface area (Å²) in [5, 5.41) is 3.33. The second kappa shape index (κ2) is 4.94. The van der Waals surface area contributed by atoms with Gasteiger partial charge in [0.2, 0.25) is 0 Å². The summed E-state index contributed by atoms with van der Waals surface area (Å²) in [5.74, 6) is 1.68. The monoisotopic (exact) mass is 235 g/mol. The van der Waals surface area contributed by atoms with E-state index in [0.29, 0.717) is 0 Å². The lowest BCUT2D eigenvalue weighted by molar-refractivity contribution is 0.0275. The fourth-order valence-corrected chi connectivity index (χ4v) is 2.16. The summed E-state index contributed by atoms with van der Waals surface area (Å²) in [4.78, 5) is 0. The highest BCUT2D eigenvalue weighted by Crippen LogP contribution is 2.33. The molecule has 0 spiro atoms. The van der Waals surface area contributed by atoms with Crippen LogP contribution in [0.15, 0.2) is 18.2 Å². The van der Waals surface area contributed by atoms with Crippen LogP contribution in [0.5, 0.6) is 11.5 Å². The molecule has 1 fully saturated rings. The van der Waals surface area contributed by atoms with Crippen molar-refractivity contribution in [1.82, 2.24) is 5.32 Å². The van der Waals surface area contributed by atoms with Gasteiger partial charge in [-0.15, -0.1) is 0 Å². The summed E-state index contributed by atoms with van der Waals surface area (Å²) >= 11 is 0. The van der Waals surface area contributed by atoms with Gasteiger partial charge in [0.15, 0.2) is 11.5 Å². The first-order valence-electron chi connectivity index (χ1n) is 6.15. The van der Waals surface area contributed by atoms with Gasteiger partial charge in [0.25, 0.3) is 0 Å².